The minimum absolute atomic E-state index is 0.0107. The van der Waals surface area contributed by atoms with Gasteiger partial charge in [-0.2, -0.15) is 0 Å². The van der Waals surface area contributed by atoms with E-state index >= 15 is 0 Å². The number of carboxylic acids is 1. The van der Waals surface area contributed by atoms with Gasteiger partial charge >= 0.3 is 11.9 Å². The maximum atomic E-state index is 12.4. The molecule has 0 heterocycles. The zero-order chi connectivity index (χ0) is 30.1. The Labute approximate surface area is 256 Å². The molecule has 0 aliphatic rings. The first-order valence-corrected chi connectivity index (χ1v) is 18.5. The van der Waals surface area contributed by atoms with E-state index in [2.05, 4.69) is 13.8 Å². The van der Waals surface area contributed by atoms with Gasteiger partial charge in [0.15, 0.2) is 0 Å². The van der Waals surface area contributed by atoms with Crippen LogP contribution in [0.25, 0.3) is 0 Å². The number of carbonyl (C=O) groups excluding carboxylic acids is 1. The number of aliphatic carboxylic acids is 1. The van der Waals surface area contributed by atoms with Crippen molar-refractivity contribution in [2.75, 3.05) is 0 Å². The molecular weight excluding hydrogens is 508 g/mol. The van der Waals surface area contributed by atoms with Gasteiger partial charge < -0.3 is 9.84 Å². The fraction of sp³-hybridized carbons (Fsp3) is 0.946. The average Bonchev–Trinajstić information content (AvgIpc) is 2.95. The molecule has 0 spiro atoms. The Balaban J connectivity index is 3.54. The number of rotatable bonds is 34. The molecule has 0 fully saturated rings. The first-order valence-electron chi connectivity index (χ1n) is 18.5. The van der Waals surface area contributed by atoms with E-state index in [4.69, 9.17) is 9.84 Å². The monoisotopic (exact) mass is 581 g/mol. The van der Waals surface area contributed by atoms with Crippen LogP contribution in [0.2, 0.25) is 0 Å². The summed E-state index contributed by atoms with van der Waals surface area (Å²) in [5.74, 6) is -0.676. The maximum Gasteiger partial charge on any atom is 0.306 e. The van der Waals surface area contributed by atoms with Crippen molar-refractivity contribution in [3.05, 3.63) is 0 Å². The smallest absolute Gasteiger partial charge is 0.306 e. The van der Waals surface area contributed by atoms with Crippen molar-refractivity contribution in [3.8, 4) is 0 Å². The lowest BCUT2D eigenvalue weighted by Crippen LogP contribution is -2.18. The number of carboxylic acid groups (broad SMARTS) is 1. The van der Waals surface area contributed by atoms with E-state index < -0.39 is 5.97 Å². The molecule has 0 aliphatic carbocycles. The average molecular weight is 581 g/mol. The number of unbranched alkanes of at least 4 members (excludes halogenated alkanes) is 25. The van der Waals surface area contributed by atoms with Gasteiger partial charge in [-0.25, -0.2) is 0 Å². The number of carbonyl (C=O) groups is 2. The molecule has 0 radical (unpaired) electrons. The van der Waals surface area contributed by atoms with E-state index in [0.717, 1.165) is 64.2 Å². The number of hydrogen-bond acceptors (Lipinski definition) is 3. The summed E-state index contributed by atoms with van der Waals surface area (Å²) in [6, 6.07) is 0. The van der Waals surface area contributed by atoms with Crippen LogP contribution in [0, 0.1) is 0 Å². The van der Waals surface area contributed by atoms with E-state index in [1.807, 2.05) is 0 Å². The summed E-state index contributed by atoms with van der Waals surface area (Å²) in [6.07, 6.45) is 38.8. The second-order valence-corrected chi connectivity index (χ2v) is 12.8. The summed E-state index contributed by atoms with van der Waals surface area (Å²) < 4.78 is 5.88. The van der Waals surface area contributed by atoms with Crippen LogP contribution in [0.3, 0.4) is 0 Å². The third-order valence-electron chi connectivity index (χ3n) is 8.58. The third kappa shape index (κ3) is 33.3. The molecule has 0 saturated heterocycles. The minimum atomic E-state index is -0.687. The summed E-state index contributed by atoms with van der Waals surface area (Å²) in [5.41, 5.74) is 0. The predicted octanol–water partition coefficient (Wildman–Crippen LogP) is 12.5. The molecule has 4 heteroatoms. The second-order valence-electron chi connectivity index (χ2n) is 12.8. The highest BCUT2D eigenvalue weighted by Gasteiger charge is 2.14. The van der Waals surface area contributed by atoms with Gasteiger partial charge in [-0.3, -0.25) is 9.59 Å². The highest BCUT2D eigenvalue weighted by atomic mass is 16.5. The van der Waals surface area contributed by atoms with Gasteiger partial charge in [0, 0.05) is 12.8 Å². The van der Waals surface area contributed by atoms with Crippen LogP contribution in [0.4, 0.5) is 0 Å². The second kappa shape index (κ2) is 33.4. The zero-order valence-corrected chi connectivity index (χ0v) is 27.9. The highest BCUT2D eigenvalue weighted by molar-refractivity contribution is 5.69. The first-order chi connectivity index (χ1) is 20.1. The third-order valence-corrected chi connectivity index (χ3v) is 8.58. The topological polar surface area (TPSA) is 63.6 Å². The van der Waals surface area contributed by atoms with Gasteiger partial charge in [-0.05, 0) is 32.1 Å². The van der Waals surface area contributed by atoms with Crippen LogP contribution in [0.15, 0.2) is 0 Å². The Morgan fingerprint density at radius 2 is 0.756 bits per heavy atom. The predicted molar refractivity (Wildman–Crippen MR) is 177 cm³/mol. The molecule has 1 N–H and O–H groups in total. The Hall–Kier alpha value is -1.06. The van der Waals surface area contributed by atoms with Gasteiger partial charge in [0.05, 0.1) is 0 Å². The van der Waals surface area contributed by atoms with E-state index in [1.54, 1.807) is 0 Å². The van der Waals surface area contributed by atoms with E-state index in [0.29, 0.717) is 12.8 Å². The Bertz CT molecular complexity index is 547. The summed E-state index contributed by atoms with van der Waals surface area (Å²) in [5, 5.41) is 8.69. The first kappa shape index (κ1) is 39.9. The molecule has 0 rings (SSSR count). The van der Waals surface area contributed by atoms with Crippen molar-refractivity contribution in [2.24, 2.45) is 0 Å². The summed E-state index contributed by atoms with van der Waals surface area (Å²) >= 11 is 0. The quantitative estimate of drug-likeness (QED) is 0.0607. The molecule has 1 unspecified atom stereocenters. The summed E-state index contributed by atoms with van der Waals surface area (Å²) in [6.45, 7) is 4.49. The molecule has 0 aromatic heterocycles. The zero-order valence-electron chi connectivity index (χ0n) is 27.9. The molecule has 41 heavy (non-hydrogen) atoms. The normalized spacial score (nSPS) is 12.0. The van der Waals surface area contributed by atoms with Crippen LogP contribution in [-0.4, -0.2) is 23.1 Å². The molecule has 4 nitrogen and oxygen atoms in total. The van der Waals surface area contributed by atoms with Crippen LogP contribution >= 0.6 is 0 Å². The molecule has 1 atom stereocenters. The highest BCUT2D eigenvalue weighted by Crippen LogP contribution is 2.18. The fourth-order valence-electron chi connectivity index (χ4n) is 5.82. The minimum Gasteiger partial charge on any atom is -0.481 e. The molecule has 0 saturated carbocycles. The van der Waals surface area contributed by atoms with E-state index in [-0.39, 0.29) is 12.1 Å². The summed E-state index contributed by atoms with van der Waals surface area (Å²) in [7, 11) is 0. The van der Waals surface area contributed by atoms with Gasteiger partial charge in [-0.1, -0.05) is 174 Å². The van der Waals surface area contributed by atoms with Crippen LogP contribution in [0.1, 0.15) is 219 Å². The summed E-state index contributed by atoms with van der Waals surface area (Å²) in [4.78, 5) is 23.0. The SMILES string of the molecule is CCCCCCCCCCCCCCCCCCCCCC(=O)OC(CCCC)CCCCCCCCCC(=O)O. The molecule has 0 bridgehead atoms. The van der Waals surface area contributed by atoms with Crippen molar-refractivity contribution in [2.45, 2.75) is 225 Å². The largest absolute Gasteiger partial charge is 0.481 e. The fourth-order valence-corrected chi connectivity index (χ4v) is 5.82. The van der Waals surface area contributed by atoms with Crippen molar-refractivity contribution in [1.82, 2.24) is 0 Å². The van der Waals surface area contributed by atoms with Crippen LogP contribution in [0.5, 0.6) is 0 Å². The van der Waals surface area contributed by atoms with Crippen molar-refractivity contribution in [3.63, 3.8) is 0 Å². The van der Waals surface area contributed by atoms with Gasteiger partial charge in [0.1, 0.15) is 6.10 Å². The van der Waals surface area contributed by atoms with Crippen LogP contribution in [-0.2, 0) is 14.3 Å². The van der Waals surface area contributed by atoms with Gasteiger partial charge in [0.25, 0.3) is 0 Å². The van der Waals surface area contributed by atoms with Crippen LogP contribution < -0.4 is 0 Å². The molecule has 0 aromatic carbocycles. The standard InChI is InChI=1S/C37H72O4/c1-3-5-7-8-9-10-11-12-13-14-15-16-17-18-19-20-24-27-30-34-37(40)41-35(31-6-4-2)32-28-25-22-21-23-26-29-33-36(38)39/h35H,3-34H2,1-2H3,(H,38,39). The van der Waals surface area contributed by atoms with Crippen molar-refractivity contribution < 1.29 is 19.4 Å². The van der Waals surface area contributed by atoms with Crippen molar-refractivity contribution in [1.29, 1.82) is 0 Å². The lowest BCUT2D eigenvalue weighted by atomic mass is 10.0. The molecular formula is C37H72O4. The van der Waals surface area contributed by atoms with E-state index in [9.17, 15) is 9.59 Å². The van der Waals surface area contributed by atoms with Gasteiger partial charge in [-0.15, -0.1) is 0 Å². The van der Waals surface area contributed by atoms with Crippen molar-refractivity contribution >= 4 is 11.9 Å². The molecule has 0 amide bonds. The Morgan fingerprint density at radius 1 is 0.439 bits per heavy atom. The van der Waals surface area contributed by atoms with E-state index in [1.165, 1.54) is 128 Å². The number of esters is 1. The number of hydrogen-bond donors (Lipinski definition) is 1. The maximum absolute atomic E-state index is 12.4. The Morgan fingerprint density at radius 3 is 1.15 bits per heavy atom. The molecule has 0 aromatic rings. The molecule has 0 aliphatic heterocycles. The lowest BCUT2D eigenvalue weighted by molar-refractivity contribution is -0.150. The Kier molecular flexibility index (Phi) is 32.6. The molecule has 244 valence electrons. The number of ether oxygens (including phenoxy) is 1. The lowest BCUT2D eigenvalue weighted by Gasteiger charge is -2.18. The van der Waals surface area contributed by atoms with Gasteiger partial charge in [0.2, 0.25) is 0 Å².